The van der Waals surface area contributed by atoms with Crippen molar-refractivity contribution < 1.29 is 14.3 Å². The van der Waals surface area contributed by atoms with Crippen molar-refractivity contribution in [1.29, 1.82) is 0 Å². The molecule has 1 heterocycles. The Bertz CT molecular complexity index is 179. The van der Waals surface area contributed by atoms with Crippen LogP contribution in [0.1, 0.15) is 33.6 Å². The van der Waals surface area contributed by atoms with E-state index in [1.54, 1.807) is 0 Å². The zero-order valence-corrected chi connectivity index (χ0v) is 8.58. The largest absolute Gasteiger partial charge is 0.465 e. The first-order valence-electron chi connectivity index (χ1n) is 4.94. The molecule has 0 amide bonds. The number of hydrogen-bond acceptors (Lipinski definition) is 3. The van der Waals surface area contributed by atoms with Gasteiger partial charge in [0.05, 0.1) is 25.2 Å². The van der Waals surface area contributed by atoms with Gasteiger partial charge in [0.25, 0.3) is 0 Å². The second kappa shape index (κ2) is 4.61. The van der Waals surface area contributed by atoms with Crippen LogP contribution in [-0.4, -0.2) is 24.8 Å². The summed E-state index contributed by atoms with van der Waals surface area (Å²) in [7, 11) is 0. The molecule has 0 bridgehead atoms. The Morgan fingerprint density at radius 2 is 2.23 bits per heavy atom. The summed E-state index contributed by atoms with van der Waals surface area (Å²) >= 11 is 0. The Morgan fingerprint density at radius 1 is 1.62 bits per heavy atom. The van der Waals surface area contributed by atoms with Gasteiger partial charge >= 0.3 is 5.97 Å². The smallest absolute Gasteiger partial charge is 0.308 e. The maximum absolute atomic E-state index is 11.2. The van der Waals surface area contributed by atoms with Crippen LogP contribution in [0.2, 0.25) is 0 Å². The topological polar surface area (TPSA) is 38.8 Å². The first-order chi connectivity index (χ1) is 6.13. The highest BCUT2D eigenvalue weighted by atomic mass is 16.6. The molecule has 3 heteroatoms. The SMILES string of the molecule is CCC(C)COC(=O)CC1OC1C. The van der Waals surface area contributed by atoms with Crippen LogP contribution in [0, 0.1) is 5.92 Å². The molecule has 3 unspecified atom stereocenters. The van der Waals surface area contributed by atoms with E-state index >= 15 is 0 Å². The van der Waals surface area contributed by atoms with E-state index in [-0.39, 0.29) is 18.2 Å². The summed E-state index contributed by atoms with van der Waals surface area (Å²) in [5.74, 6) is 0.330. The normalized spacial score (nSPS) is 28.2. The predicted octanol–water partition coefficient (Wildman–Crippen LogP) is 1.75. The second-order valence-electron chi connectivity index (χ2n) is 3.78. The minimum atomic E-state index is -0.130. The maximum atomic E-state index is 11.2. The second-order valence-corrected chi connectivity index (χ2v) is 3.78. The van der Waals surface area contributed by atoms with Crippen LogP contribution in [0.15, 0.2) is 0 Å². The zero-order chi connectivity index (χ0) is 9.84. The highest BCUT2D eigenvalue weighted by molar-refractivity contribution is 5.70. The Balaban J connectivity index is 2.04. The van der Waals surface area contributed by atoms with Gasteiger partial charge in [0.1, 0.15) is 0 Å². The van der Waals surface area contributed by atoms with Crippen molar-refractivity contribution in [3.63, 3.8) is 0 Å². The van der Waals surface area contributed by atoms with E-state index in [0.29, 0.717) is 18.9 Å². The number of carbonyl (C=O) groups is 1. The van der Waals surface area contributed by atoms with Gasteiger partial charge in [0.2, 0.25) is 0 Å². The predicted molar refractivity (Wildman–Crippen MR) is 49.4 cm³/mol. The summed E-state index contributed by atoms with van der Waals surface area (Å²) in [4.78, 5) is 11.2. The van der Waals surface area contributed by atoms with Crippen molar-refractivity contribution in [2.75, 3.05) is 6.61 Å². The van der Waals surface area contributed by atoms with Gasteiger partial charge in [-0.25, -0.2) is 0 Å². The first-order valence-corrected chi connectivity index (χ1v) is 4.94. The molecule has 0 aromatic rings. The van der Waals surface area contributed by atoms with Crippen molar-refractivity contribution in [3.05, 3.63) is 0 Å². The lowest BCUT2D eigenvalue weighted by atomic mass is 10.1. The molecular formula is C10H18O3. The van der Waals surface area contributed by atoms with E-state index in [9.17, 15) is 4.79 Å². The molecule has 1 aliphatic rings. The molecule has 0 aromatic heterocycles. The molecule has 3 atom stereocenters. The minimum Gasteiger partial charge on any atom is -0.465 e. The standard InChI is InChI=1S/C10H18O3/c1-4-7(2)6-12-10(11)5-9-8(3)13-9/h7-9H,4-6H2,1-3H3. The molecule has 0 aliphatic carbocycles. The summed E-state index contributed by atoms with van der Waals surface area (Å²) in [5, 5.41) is 0. The Hall–Kier alpha value is -0.570. The molecule has 3 nitrogen and oxygen atoms in total. The van der Waals surface area contributed by atoms with Crippen LogP contribution in [0.4, 0.5) is 0 Å². The highest BCUT2D eigenvalue weighted by Crippen LogP contribution is 2.24. The van der Waals surface area contributed by atoms with Crippen LogP contribution in [-0.2, 0) is 14.3 Å². The Kier molecular flexibility index (Phi) is 3.72. The number of epoxide rings is 1. The van der Waals surface area contributed by atoms with Gasteiger partial charge in [-0.05, 0) is 12.8 Å². The van der Waals surface area contributed by atoms with Crippen molar-refractivity contribution >= 4 is 5.97 Å². The van der Waals surface area contributed by atoms with E-state index in [1.165, 1.54) is 0 Å². The lowest BCUT2D eigenvalue weighted by molar-refractivity contribution is -0.145. The van der Waals surface area contributed by atoms with Crippen LogP contribution < -0.4 is 0 Å². The minimum absolute atomic E-state index is 0.115. The van der Waals surface area contributed by atoms with Crippen molar-refractivity contribution in [1.82, 2.24) is 0 Å². The average Bonchev–Trinajstić information content (AvgIpc) is 2.77. The van der Waals surface area contributed by atoms with Gasteiger partial charge in [0.15, 0.2) is 0 Å². The Morgan fingerprint density at radius 3 is 2.69 bits per heavy atom. The molecule has 0 N–H and O–H groups in total. The highest BCUT2D eigenvalue weighted by Gasteiger charge is 2.36. The number of rotatable bonds is 5. The van der Waals surface area contributed by atoms with Crippen LogP contribution in [0.3, 0.4) is 0 Å². The number of carbonyl (C=O) groups excluding carboxylic acids is 1. The number of esters is 1. The van der Waals surface area contributed by atoms with Gasteiger partial charge in [-0.1, -0.05) is 20.3 Å². The fourth-order valence-corrected chi connectivity index (χ4v) is 1.02. The van der Waals surface area contributed by atoms with Crippen molar-refractivity contribution in [3.8, 4) is 0 Å². The molecule has 1 saturated heterocycles. The van der Waals surface area contributed by atoms with Crippen LogP contribution >= 0.6 is 0 Å². The molecular weight excluding hydrogens is 168 g/mol. The third-order valence-corrected chi connectivity index (χ3v) is 2.43. The lowest BCUT2D eigenvalue weighted by Crippen LogP contribution is -2.13. The van der Waals surface area contributed by atoms with Crippen molar-refractivity contribution in [2.24, 2.45) is 5.92 Å². The molecule has 0 radical (unpaired) electrons. The summed E-state index contributed by atoms with van der Waals surface area (Å²) in [6, 6.07) is 0. The quantitative estimate of drug-likeness (QED) is 0.485. The summed E-state index contributed by atoms with van der Waals surface area (Å²) < 4.78 is 10.2. The third-order valence-electron chi connectivity index (χ3n) is 2.43. The van der Waals surface area contributed by atoms with Gasteiger partial charge in [-0.15, -0.1) is 0 Å². The third kappa shape index (κ3) is 3.77. The summed E-state index contributed by atoms with van der Waals surface area (Å²) in [6.45, 7) is 6.66. The van der Waals surface area contributed by atoms with E-state index in [0.717, 1.165) is 6.42 Å². The molecule has 0 saturated carbocycles. The fourth-order valence-electron chi connectivity index (χ4n) is 1.02. The lowest BCUT2D eigenvalue weighted by Gasteiger charge is -2.08. The molecule has 0 spiro atoms. The summed E-state index contributed by atoms with van der Waals surface area (Å²) in [6.07, 6.45) is 1.82. The van der Waals surface area contributed by atoms with Gasteiger partial charge < -0.3 is 9.47 Å². The number of hydrogen-bond donors (Lipinski definition) is 0. The van der Waals surface area contributed by atoms with Crippen molar-refractivity contribution in [2.45, 2.75) is 45.8 Å². The molecule has 0 aromatic carbocycles. The number of ether oxygens (including phenoxy) is 2. The molecule has 1 aliphatic heterocycles. The fraction of sp³-hybridized carbons (Fsp3) is 0.900. The molecule has 13 heavy (non-hydrogen) atoms. The monoisotopic (exact) mass is 186 g/mol. The Labute approximate surface area is 79.4 Å². The van der Waals surface area contributed by atoms with Gasteiger partial charge in [-0.3, -0.25) is 4.79 Å². The molecule has 76 valence electrons. The van der Waals surface area contributed by atoms with E-state index in [2.05, 4.69) is 13.8 Å². The van der Waals surface area contributed by atoms with Crippen LogP contribution in [0.25, 0.3) is 0 Å². The summed E-state index contributed by atoms with van der Waals surface area (Å²) in [5.41, 5.74) is 0. The maximum Gasteiger partial charge on any atom is 0.308 e. The zero-order valence-electron chi connectivity index (χ0n) is 8.58. The van der Waals surface area contributed by atoms with E-state index in [1.807, 2.05) is 6.92 Å². The first kappa shape index (κ1) is 10.5. The van der Waals surface area contributed by atoms with E-state index in [4.69, 9.17) is 9.47 Å². The average molecular weight is 186 g/mol. The van der Waals surface area contributed by atoms with Crippen LogP contribution in [0.5, 0.6) is 0 Å². The van der Waals surface area contributed by atoms with E-state index < -0.39 is 0 Å². The molecule has 1 rings (SSSR count). The molecule has 1 fully saturated rings. The van der Waals surface area contributed by atoms with Gasteiger partial charge in [0, 0.05) is 0 Å². The van der Waals surface area contributed by atoms with Gasteiger partial charge in [-0.2, -0.15) is 0 Å².